The first-order valence-electron chi connectivity index (χ1n) is 4.31. The number of ether oxygens (including phenoxy) is 2. The monoisotopic (exact) mass is 157 g/mol. The predicted molar refractivity (Wildman–Crippen MR) is 41.3 cm³/mol. The Hall–Kier alpha value is -0.120. The van der Waals surface area contributed by atoms with E-state index in [-0.39, 0.29) is 5.72 Å². The van der Waals surface area contributed by atoms with Crippen LogP contribution >= 0.6 is 0 Å². The molecule has 1 N–H and O–H groups in total. The lowest BCUT2D eigenvalue weighted by atomic mass is 10.1. The topological polar surface area (TPSA) is 30.5 Å². The maximum absolute atomic E-state index is 5.80. The van der Waals surface area contributed by atoms with Gasteiger partial charge in [0.05, 0.1) is 19.3 Å². The second kappa shape index (κ2) is 2.73. The highest BCUT2D eigenvalue weighted by Crippen LogP contribution is 2.25. The quantitative estimate of drug-likeness (QED) is 0.555. The molecule has 2 rings (SSSR count). The van der Waals surface area contributed by atoms with Gasteiger partial charge in [-0.1, -0.05) is 0 Å². The van der Waals surface area contributed by atoms with Crippen LogP contribution in [0.2, 0.25) is 0 Å². The van der Waals surface area contributed by atoms with Crippen molar-refractivity contribution in [2.45, 2.75) is 31.6 Å². The van der Waals surface area contributed by atoms with Crippen molar-refractivity contribution in [2.75, 3.05) is 19.8 Å². The summed E-state index contributed by atoms with van der Waals surface area (Å²) >= 11 is 0. The first kappa shape index (κ1) is 7.53. The highest BCUT2D eigenvalue weighted by molar-refractivity contribution is 4.86. The average Bonchev–Trinajstić information content (AvgIpc) is 2.37. The molecule has 0 saturated carbocycles. The molecule has 0 amide bonds. The Morgan fingerprint density at radius 1 is 1.55 bits per heavy atom. The van der Waals surface area contributed by atoms with Gasteiger partial charge in [-0.05, 0) is 13.3 Å². The minimum Gasteiger partial charge on any atom is -0.377 e. The van der Waals surface area contributed by atoms with Gasteiger partial charge < -0.3 is 9.47 Å². The Labute approximate surface area is 67.1 Å². The highest BCUT2D eigenvalue weighted by Gasteiger charge is 2.39. The zero-order valence-corrected chi connectivity index (χ0v) is 6.93. The molecule has 2 saturated heterocycles. The third-order valence-electron chi connectivity index (χ3n) is 2.41. The van der Waals surface area contributed by atoms with E-state index in [9.17, 15) is 0 Å². The van der Waals surface area contributed by atoms with E-state index in [1.807, 2.05) is 0 Å². The van der Waals surface area contributed by atoms with Crippen LogP contribution in [0.4, 0.5) is 0 Å². The van der Waals surface area contributed by atoms with Crippen molar-refractivity contribution in [1.29, 1.82) is 0 Å². The lowest BCUT2D eigenvalue weighted by Gasteiger charge is -2.37. The molecule has 1 spiro atoms. The van der Waals surface area contributed by atoms with Crippen molar-refractivity contribution in [3.05, 3.63) is 0 Å². The Morgan fingerprint density at radius 3 is 3.09 bits per heavy atom. The van der Waals surface area contributed by atoms with Crippen LogP contribution in [0.5, 0.6) is 0 Å². The molecule has 2 fully saturated rings. The maximum Gasteiger partial charge on any atom is 0.145 e. The molecule has 2 heterocycles. The summed E-state index contributed by atoms with van der Waals surface area (Å²) in [4.78, 5) is 0. The Kier molecular flexibility index (Phi) is 1.87. The Morgan fingerprint density at radius 2 is 2.45 bits per heavy atom. The fourth-order valence-corrected chi connectivity index (χ4v) is 1.77. The van der Waals surface area contributed by atoms with Gasteiger partial charge in [-0.25, -0.2) is 0 Å². The number of rotatable bonds is 0. The minimum atomic E-state index is -0.127. The SMILES string of the molecule is CC1CCNC2(CCOC2)O1. The molecule has 2 aliphatic rings. The van der Waals surface area contributed by atoms with Gasteiger partial charge in [0.15, 0.2) is 0 Å². The Balaban J connectivity index is 2.00. The molecule has 0 aromatic rings. The molecule has 0 aliphatic carbocycles. The summed E-state index contributed by atoms with van der Waals surface area (Å²) in [7, 11) is 0. The molecule has 0 aromatic carbocycles. The van der Waals surface area contributed by atoms with E-state index in [1.54, 1.807) is 0 Å². The lowest BCUT2D eigenvalue weighted by molar-refractivity contribution is -0.134. The molecule has 2 aliphatic heterocycles. The van der Waals surface area contributed by atoms with Crippen molar-refractivity contribution in [1.82, 2.24) is 5.32 Å². The summed E-state index contributed by atoms with van der Waals surface area (Å²) in [5, 5.41) is 3.38. The summed E-state index contributed by atoms with van der Waals surface area (Å²) < 4.78 is 11.1. The van der Waals surface area contributed by atoms with E-state index in [1.165, 1.54) is 0 Å². The van der Waals surface area contributed by atoms with E-state index >= 15 is 0 Å². The summed E-state index contributed by atoms with van der Waals surface area (Å²) in [6, 6.07) is 0. The largest absolute Gasteiger partial charge is 0.377 e. The third kappa shape index (κ3) is 1.41. The molecule has 3 nitrogen and oxygen atoms in total. The van der Waals surface area contributed by atoms with E-state index < -0.39 is 0 Å². The standard InChI is InChI=1S/C8H15NO2/c1-7-2-4-9-8(11-7)3-5-10-6-8/h7,9H,2-6H2,1H3. The van der Waals surface area contributed by atoms with Crippen LogP contribution in [0.3, 0.4) is 0 Å². The molecule has 2 unspecified atom stereocenters. The van der Waals surface area contributed by atoms with Crippen LogP contribution in [0.15, 0.2) is 0 Å². The summed E-state index contributed by atoms with van der Waals surface area (Å²) in [6.07, 6.45) is 2.50. The van der Waals surface area contributed by atoms with Gasteiger partial charge in [0.1, 0.15) is 5.72 Å². The smallest absolute Gasteiger partial charge is 0.145 e. The van der Waals surface area contributed by atoms with Crippen molar-refractivity contribution >= 4 is 0 Å². The predicted octanol–water partition coefficient (Wildman–Crippen LogP) is 0.501. The van der Waals surface area contributed by atoms with Crippen LogP contribution in [0, 0.1) is 0 Å². The summed E-state index contributed by atoms with van der Waals surface area (Å²) in [6.45, 7) is 4.74. The number of hydrogen-bond donors (Lipinski definition) is 1. The van der Waals surface area contributed by atoms with Crippen molar-refractivity contribution in [2.24, 2.45) is 0 Å². The first-order valence-corrected chi connectivity index (χ1v) is 4.31. The zero-order valence-electron chi connectivity index (χ0n) is 6.93. The second-order valence-electron chi connectivity index (χ2n) is 3.44. The molecular weight excluding hydrogens is 142 g/mol. The van der Waals surface area contributed by atoms with Crippen LogP contribution in [-0.4, -0.2) is 31.6 Å². The van der Waals surface area contributed by atoms with E-state index in [2.05, 4.69) is 12.2 Å². The van der Waals surface area contributed by atoms with Gasteiger partial charge in [0.2, 0.25) is 0 Å². The van der Waals surface area contributed by atoms with Crippen molar-refractivity contribution in [3.63, 3.8) is 0 Å². The van der Waals surface area contributed by atoms with Crippen LogP contribution in [0.25, 0.3) is 0 Å². The van der Waals surface area contributed by atoms with Crippen LogP contribution < -0.4 is 5.32 Å². The van der Waals surface area contributed by atoms with Crippen molar-refractivity contribution in [3.8, 4) is 0 Å². The molecular formula is C8H15NO2. The lowest BCUT2D eigenvalue weighted by Crippen LogP contribution is -2.54. The summed E-state index contributed by atoms with van der Waals surface area (Å²) in [5.74, 6) is 0. The molecule has 2 atom stereocenters. The van der Waals surface area contributed by atoms with Gasteiger partial charge >= 0.3 is 0 Å². The maximum atomic E-state index is 5.80. The zero-order chi connectivity index (χ0) is 7.73. The molecule has 64 valence electrons. The molecule has 11 heavy (non-hydrogen) atoms. The normalized spacial score (nSPS) is 45.0. The fraction of sp³-hybridized carbons (Fsp3) is 1.00. The molecule has 0 bridgehead atoms. The van der Waals surface area contributed by atoms with E-state index in [4.69, 9.17) is 9.47 Å². The fourth-order valence-electron chi connectivity index (χ4n) is 1.77. The molecule has 0 radical (unpaired) electrons. The van der Waals surface area contributed by atoms with Gasteiger partial charge in [-0.15, -0.1) is 0 Å². The van der Waals surface area contributed by atoms with E-state index in [0.29, 0.717) is 6.10 Å². The molecule has 3 heteroatoms. The van der Waals surface area contributed by atoms with Crippen molar-refractivity contribution < 1.29 is 9.47 Å². The second-order valence-corrected chi connectivity index (χ2v) is 3.44. The van der Waals surface area contributed by atoms with Gasteiger partial charge in [0, 0.05) is 13.0 Å². The average molecular weight is 157 g/mol. The summed E-state index contributed by atoms with van der Waals surface area (Å²) in [5.41, 5.74) is -0.127. The minimum absolute atomic E-state index is 0.127. The third-order valence-corrected chi connectivity index (χ3v) is 2.41. The van der Waals surface area contributed by atoms with Gasteiger partial charge in [0.25, 0.3) is 0 Å². The first-order chi connectivity index (χ1) is 5.31. The Bertz CT molecular complexity index is 143. The number of hydrogen-bond acceptors (Lipinski definition) is 3. The van der Waals surface area contributed by atoms with Crippen LogP contribution in [-0.2, 0) is 9.47 Å². The van der Waals surface area contributed by atoms with Crippen LogP contribution in [0.1, 0.15) is 19.8 Å². The van der Waals surface area contributed by atoms with Gasteiger partial charge in [-0.2, -0.15) is 0 Å². The van der Waals surface area contributed by atoms with E-state index in [0.717, 1.165) is 32.6 Å². The number of nitrogens with one attached hydrogen (secondary N) is 1. The molecule has 0 aromatic heterocycles. The van der Waals surface area contributed by atoms with Gasteiger partial charge in [-0.3, -0.25) is 5.32 Å². The highest BCUT2D eigenvalue weighted by atomic mass is 16.6.